The van der Waals surface area contributed by atoms with E-state index in [1.807, 2.05) is 0 Å². The van der Waals surface area contributed by atoms with Crippen molar-refractivity contribution in [1.29, 1.82) is 0 Å². The summed E-state index contributed by atoms with van der Waals surface area (Å²) < 4.78 is 0. The second-order valence-electron chi connectivity index (χ2n) is 3.18. The van der Waals surface area contributed by atoms with Crippen molar-refractivity contribution in [2.75, 3.05) is 0 Å². The van der Waals surface area contributed by atoms with Crippen LogP contribution in [0.2, 0.25) is 0 Å². The summed E-state index contributed by atoms with van der Waals surface area (Å²) in [7, 11) is 0. The molecule has 0 saturated carbocycles. The van der Waals surface area contributed by atoms with Gasteiger partial charge in [0.2, 0.25) is 0 Å². The van der Waals surface area contributed by atoms with E-state index in [9.17, 15) is 4.79 Å². The maximum atomic E-state index is 11.5. The third-order valence-corrected chi connectivity index (χ3v) is 3.09. The highest BCUT2D eigenvalue weighted by atomic mass is 32.2. The summed E-state index contributed by atoms with van der Waals surface area (Å²) in [5.41, 5.74) is 1.94. The summed E-state index contributed by atoms with van der Waals surface area (Å²) in [6, 6.07) is 0. The molecule has 1 N–H and O–H groups in total. The van der Waals surface area contributed by atoms with Gasteiger partial charge in [0, 0.05) is 23.5 Å². The van der Waals surface area contributed by atoms with E-state index < -0.39 is 0 Å². The molecule has 0 amide bonds. The van der Waals surface area contributed by atoms with Crippen molar-refractivity contribution in [2.45, 2.75) is 31.3 Å². The van der Waals surface area contributed by atoms with Crippen molar-refractivity contribution in [3.05, 3.63) is 27.4 Å². The van der Waals surface area contributed by atoms with Gasteiger partial charge in [-0.15, -0.1) is 0 Å². The number of aryl methyl sites for hydroxylation is 1. The number of nitrogens with zero attached hydrogens (tertiary/aromatic N) is 1. The van der Waals surface area contributed by atoms with E-state index in [0.29, 0.717) is 0 Å². The number of hydrogen-bond acceptors (Lipinski definition) is 3. The van der Waals surface area contributed by atoms with Gasteiger partial charge in [-0.3, -0.25) is 4.79 Å². The van der Waals surface area contributed by atoms with Gasteiger partial charge in [0.25, 0.3) is 5.56 Å². The Hall–Kier alpha value is -0.770. The molecule has 1 aliphatic rings. The minimum atomic E-state index is 0.0680. The molecule has 70 valence electrons. The summed E-state index contributed by atoms with van der Waals surface area (Å²) >= 11 is 1.76. The minimum Gasteiger partial charge on any atom is -0.310 e. The van der Waals surface area contributed by atoms with Crippen LogP contribution < -0.4 is 5.56 Å². The van der Waals surface area contributed by atoms with E-state index in [-0.39, 0.29) is 5.56 Å². The van der Waals surface area contributed by atoms with E-state index in [0.717, 1.165) is 41.4 Å². The lowest BCUT2D eigenvalue weighted by atomic mass is 10.2. The van der Waals surface area contributed by atoms with Crippen molar-refractivity contribution < 1.29 is 0 Å². The molecular formula is C9H12N2OS. The SMILES string of the molecule is CCCc1nc2c(c(=O)[nH]1)CSC2. The molecule has 1 aromatic rings. The van der Waals surface area contributed by atoms with E-state index in [1.165, 1.54) is 0 Å². The predicted octanol–water partition coefficient (Wildman–Crippen LogP) is 1.47. The Labute approximate surface area is 81.0 Å². The number of rotatable bonds is 2. The summed E-state index contributed by atoms with van der Waals surface area (Å²) in [4.78, 5) is 18.8. The van der Waals surface area contributed by atoms with Gasteiger partial charge < -0.3 is 4.98 Å². The monoisotopic (exact) mass is 196 g/mol. The molecule has 3 nitrogen and oxygen atoms in total. The topological polar surface area (TPSA) is 45.8 Å². The lowest BCUT2D eigenvalue weighted by Gasteiger charge is -2.00. The highest BCUT2D eigenvalue weighted by Gasteiger charge is 2.16. The van der Waals surface area contributed by atoms with Gasteiger partial charge in [-0.2, -0.15) is 11.8 Å². The van der Waals surface area contributed by atoms with Crippen LogP contribution in [0.25, 0.3) is 0 Å². The maximum absolute atomic E-state index is 11.5. The Balaban J connectivity index is 2.44. The average molecular weight is 196 g/mol. The smallest absolute Gasteiger partial charge is 0.255 e. The Morgan fingerprint density at radius 2 is 2.38 bits per heavy atom. The zero-order valence-electron chi connectivity index (χ0n) is 7.59. The highest BCUT2D eigenvalue weighted by molar-refractivity contribution is 7.98. The van der Waals surface area contributed by atoms with Crippen molar-refractivity contribution in [2.24, 2.45) is 0 Å². The molecule has 1 aromatic heterocycles. The molecule has 0 spiro atoms. The zero-order chi connectivity index (χ0) is 9.26. The lowest BCUT2D eigenvalue weighted by molar-refractivity contribution is 0.808. The first kappa shape index (κ1) is 8.81. The van der Waals surface area contributed by atoms with Crippen LogP contribution in [0.15, 0.2) is 4.79 Å². The van der Waals surface area contributed by atoms with Gasteiger partial charge in [0.05, 0.1) is 5.69 Å². The summed E-state index contributed by atoms with van der Waals surface area (Å²) in [6.07, 6.45) is 1.89. The third kappa shape index (κ3) is 1.63. The second kappa shape index (κ2) is 3.54. The molecule has 1 aliphatic heterocycles. The quantitative estimate of drug-likeness (QED) is 0.779. The fourth-order valence-electron chi connectivity index (χ4n) is 1.47. The van der Waals surface area contributed by atoms with Crippen LogP contribution in [0.1, 0.15) is 30.4 Å². The fourth-order valence-corrected chi connectivity index (χ4v) is 2.51. The number of fused-ring (bicyclic) bond motifs is 1. The summed E-state index contributed by atoms with van der Waals surface area (Å²) in [5, 5.41) is 0. The van der Waals surface area contributed by atoms with Crippen LogP contribution in [0.4, 0.5) is 0 Å². The highest BCUT2D eigenvalue weighted by Crippen LogP contribution is 2.25. The molecule has 0 unspecified atom stereocenters. The molecule has 2 rings (SSSR count). The van der Waals surface area contributed by atoms with Gasteiger partial charge in [-0.05, 0) is 6.42 Å². The minimum absolute atomic E-state index is 0.0680. The molecule has 0 saturated heterocycles. The van der Waals surface area contributed by atoms with Crippen LogP contribution in [0.5, 0.6) is 0 Å². The van der Waals surface area contributed by atoms with Crippen LogP contribution in [0.3, 0.4) is 0 Å². The van der Waals surface area contributed by atoms with Gasteiger partial charge >= 0.3 is 0 Å². The molecule has 0 atom stereocenters. The van der Waals surface area contributed by atoms with E-state index in [1.54, 1.807) is 11.8 Å². The molecule has 13 heavy (non-hydrogen) atoms. The van der Waals surface area contributed by atoms with Crippen molar-refractivity contribution >= 4 is 11.8 Å². The van der Waals surface area contributed by atoms with Crippen LogP contribution in [0, 0.1) is 0 Å². The van der Waals surface area contributed by atoms with Gasteiger partial charge in [-0.25, -0.2) is 4.98 Å². The normalized spacial score (nSPS) is 14.5. The van der Waals surface area contributed by atoms with Crippen molar-refractivity contribution in [3.63, 3.8) is 0 Å². The molecule has 4 heteroatoms. The molecule has 0 aromatic carbocycles. The number of H-pyrrole nitrogens is 1. The van der Waals surface area contributed by atoms with Crippen LogP contribution in [-0.4, -0.2) is 9.97 Å². The maximum Gasteiger partial charge on any atom is 0.255 e. The van der Waals surface area contributed by atoms with Crippen molar-refractivity contribution in [1.82, 2.24) is 9.97 Å². The third-order valence-electron chi connectivity index (χ3n) is 2.12. The Bertz CT molecular complexity index is 372. The second-order valence-corrected chi connectivity index (χ2v) is 4.17. The Morgan fingerprint density at radius 3 is 3.15 bits per heavy atom. The molecule has 0 fully saturated rings. The Morgan fingerprint density at radius 1 is 1.54 bits per heavy atom. The van der Waals surface area contributed by atoms with Crippen LogP contribution >= 0.6 is 11.8 Å². The average Bonchev–Trinajstić information content (AvgIpc) is 2.53. The molecule has 0 bridgehead atoms. The van der Waals surface area contributed by atoms with E-state index >= 15 is 0 Å². The number of hydrogen-bond donors (Lipinski definition) is 1. The predicted molar refractivity (Wildman–Crippen MR) is 53.9 cm³/mol. The molecule has 0 radical (unpaired) electrons. The Kier molecular flexibility index (Phi) is 2.40. The molecule has 0 aliphatic carbocycles. The summed E-state index contributed by atoms with van der Waals surface area (Å²) in [6.45, 7) is 2.09. The lowest BCUT2D eigenvalue weighted by Crippen LogP contribution is -2.16. The molecule has 2 heterocycles. The first-order valence-electron chi connectivity index (χ1n) is 4.50. The molecular weight excluding hydrogens is 184 g/mol. The zero-order valence-corrected chi connectivity index (χ0v) is 8.41. The first-order valence-corrected chi connectivity index (χ1v) is 5.65. The van der Waals surface area contributed by atoms with E-state index in [2.05, 4.69) is 16.9 Å². The number of thioether (sulfide) groups is 1. The first-order chi connectivity index (χ1) is 6.31. The number of aromatic nitrogens is 2. The van der Waals surface area contributed by atoms with Gasteiger partial charge in [0.15, 0.2) is 0 Å². The summed E-state index contributed by atoms with van der Waals surface area (Å²) in [5.74, 6) is 2.56. The number of nitrogens with one attached hydrogen (secondary N) is 1. The van der Waals surface area contributed by atoms with Crippen molar-refractivity contribution in [3.8, 4) is 0 Å². The van der Waals surface area contributed by atoms with E-state index in [4.69, 9.17) is 0 Å². The van der Waals surface area contributed by atoms with Crippen LogP contribution in [-0.2, 0) is 17.9 Å². The standard InChI is InChI=1S/C9H12N2OS/c1-2-3-8-10-7-5-13-4-6(7)9(12)11-8/h2-5H2,1H3,(H,10,11,12). The van der Waals surface area contributed by atoms with Gasteiger partial charge in [-0.1, -0.05) is 6.92 Å². The van der Waals surface area contributed by atoms with Gasteiger partial charge in [0.1, 0.15) is 5.82 Å². The largest absolute Gasteiger partial charge is 0.310 e. The number of aromatic amines is 1. The fraction of sp³-hybridized carbons (Fsp3) is 0.556.